The summed E-state index contributed by atoms with van der Waals surface area (Å²) in [6, 6.07) is 0. The second-order valence-electron chi connectivity index (χ2n) is 3.61. The smallest absolute Gasteiger partial charge is 0.303 e. The first-order valence-electron chi connectivity index (χ1n) is 5.13. The van der Waals surface area contributed by atoms with Gasteiger partial charge in [-0.2, -0.15) is 0 Å². The lowest BCUT2D eigenvalue weighted by Gasteiger charge is -2.22. The van der Waals surface area contributed by atoms with Crippen LogP contribution in [0.3, 0.4) is 0 Å². The average Bonchev–Trinajstić information content (AvgIpc) is 2.55. The van der Waals surface area contributed by atoms with Crippen LogP contribution in [-0.2, 0) is 28.5 Å². The Morgan fingerprint density at radius 1 is 1.18 bits per heavy atom. The second-order valence-corrected chi connectivity index (χ2v) is 3.61. The summed E-state index contributed by atoms with van der Waals surface area (Å²) < 4.78 is 20.2. The normalized spacial score (nSPS) is 32.2. The van der Waals surface area contributed by atoms with E-state index in [0.717, 1.165) is 0 Å². The zero-order chi connectivity index (χ0) is 13.0. The molecule has 0 spiro atoms. The molecule has 98 valence electrons. The zero-order valence-corrected chi connectivity index (χ0v) is 9.91. The maximum Gasteiger partial charge on any atom is 0.303 e. The van der Waals surface area contributed by atoms with Crippen LogP contribution in [0.1, 0.15) is 13.8 Å². The van der Waals surface area contributed by atoms with Crippen molar-refractivity contribution in [3.63, 3.8) is 0 Å². The molecule has 1 saturated heterocycles. The quantitative estimate of drug-likeness (QED) is 0.652. The molecule has 1 fully saturated rings. The van der Waals surface area contributed by atoms with E-state index in [9.17, 15) is 9.59 Å². The highest BCUT2D eigenvalue weighted by Gasteiger charge is 2.49. The fraction of sp³-hybridized carbons (Fsp3) is 0.800. The molecule has 0 unspecified atom stereocenters. The van der Waals surface area contributed by atoms with Crippen LogP contribution in [0.2, 0.25) is 0 Å². The van der Waals surface area contributed by atoms with Crippen molar-refractivity contribution in [2.24, 2.45) is 0 Å². The first kappa shape index (κ1) is 13.9. The molecule has 0 bridgehead atoms. The molecule has 0 aliphatic carbocycles. The Hall–Kier alpha value is -1.18. The van der Waals surface area contributed by atoms with Gasteiger partial charge in [-0.15, -0.1) is 0 Å². The Morgan fingerprint density at radius 3 is 2.12 bits per heavy atom. The minimum Gasteiger partial charge on any atom is -0.455 e. The van der Waals surface area contributed by atoms with E-state index in [1.807, 2.05) is 0 Å². The molecule has 1 rings (SSSR count). The predicted molar refractivity (Wildman–Crippen MR) is 53.9 cm³/mol. The standard InChI is InChI=1S/C10H16O7/c1-5(12)15-8-7(4-11)17-10(14-3)9(8)16-6(2)13/h7-11H,4H2,1-3H3/t7-,8-,9-,10+/m1/s1. The van der Waals surface area contributed by atoms with E-state index in [2.05, 4.69) is 0 Å². The van der Waals surface area contributed by atoms with Crippen LogP contribution in [0.5, 0.6) is 0 Å². The van der Waals surface area contributed by atoms with E-state index in [1.165, 1.54) is 21.0 Å². The van der Waals surface area contributed by atoms with E-state index >= 15 is 0 Å². The molecule has 0 aromatic rings. The molecular weight excluding hydrogens is 232 g/mol. The zero-order valence-electron chi connectivity index (χ0n) is 9.91. The Kier molecular flexibility index (Phi) is 4.86. The second kappa shape index (κ2) is 5.95. The number of carbonyl (C=O) groups excluding carboxylic acids is 2. The molecule has 0 amide bonds. The van der Waals surface area contributed by atoms with Crippen LogP contribution in [-0.4, -0.2) is 55.4 Å². The molecule has 1 N–H and O–H groups in total. The summed E-state index contributed by atoms with van der Waals surface area (Å²) in [6.07, 6.45) is -3.38. The molecule has 0 radical (unpaired) electrons. The third-order valence-corrected chi connectivity index (χ3v) is 2.28. The summed E-state index contributed by atoms with van der Waals surface area (Å²) in [6.45, 7) is 2.08. The minimum atomic E-state index is -0.876. The molecule has 7 nitrogen and oxygen atoms in total. The molecule has 4 atom stereocenters. The van der Waals surface area contributed by atoms with Crippen molar-refractivity contribution in [3.05, 3.63) is 0 Å². The maximum atomic E-state index is 11.0. The first-order chi connectivity index (χ1) is 7.99. The Bertz CT molecular complexity index is 262. The number of aliphatic hydroxyl groups excluding tert-OH is 1. The van der Waals surface area contributed by atoms with E-state index < -0.39 is 36.5 Å². The average molecular weight is 248 g/mol. The summed E-state index contributed by atoms with van der Waals surface area (Å²) in [7, 11) is 1.37. The van der Waals surface area contributed by atoms with Crippen molar-refractivity contribution in [1.82, 2.24) is 0 Å². The Labute approximate surface area is 98.6 Å². The van der Waals surface area contributed by atoms with Crippen molar-refractivity contribution in [2.45, 2.75) is 38.4 Å². The third kappa shape index (κ3) is 3.39. The van der Waals surface area contributed by atoms with Gasteiger partial charge in [0.25, 0.3) is 0 Å². The first-order valence-corrected chi connectivity index (χ1v) is 5.13. The fourth-order valence-corrected chi connectivity index (χ4v) is 1.68. The molecule has 17 heavy (non-hydrogen) atoms. The molecule has 1 aliphatic heterocycles. The van der Waals surface area contributed by atoms with Gasteiger partial charge in [0.1, 0.15) is 6.10 Å². The van der Waals surface area contributed by atoms with Gasteiger partial charge in [0.05, 0.1) is 6.61 Å². The molecule has 7 heteroatoms. The predicted octanol–water partition coefficient (Wildman–Crippen LogP) is -0.787. The van der Waals surface area contributed by atoms with Crippen molar-refractivity contribution < 1.29 is 33.6 Å². The van der Waals surface area contributed by atoms with Crippen LogP contribution >= 0.6 is 0 Å². The lowest BCUT2D eigenvalue weighted by atomic mass is 10.1. The van der Waals surface area contributed by atoms with Gasteiger partial charge in [-0.3, -0.25) is 9.59 Å². The van der Waals surface area contributed by atoms with Gasteiger partial charge in [0.2, 0.25) is 0 Å². The Balaban J connectivity index is 2.82. The van der Waals surface area contributed by atoms with E-state index in [-0.39, 0.29) is 6.61 Å². The van der Waals surface area contributed by atoms with E-state index in [0.29, 0.717) is 0 Å². The number of hydrogen-bond donors (Lipinski definition) is 1. The van der Waals surface area contributed by atoms with E-state index in [1.54, 1.807) is 0 Å². The summed E-state index contributed by atoms with van der Waals surface area (Å²) in [4.78, 5) is 21.9. The monoisotopic (exact) mass is 248 g/mol. The number of rotatable bonds is 4. The SMILES string of the molecule is CO[C@H]1O[C@H](CO)[C@@H](OC(C)=O)[C@H]1OC(C)=O. The molecule has 0 aromatic carbocycles. The van der Waals surface area contributed by atoms with Gasteiger partial charge in [-0.1, -0.05) is 0 Å². The molecule has 1 aliphatic rings. The lowest BCUT2D eigenvalue weighted by molar-refractivity contribution is -0.181. The molecule has 1 heterocycles. The minimum absolute atomic E-state index is 0.366. The number of hydrogen-bond acceptors (Lipinski definition) is 7. The summed E-state index contributed by atoms with van der Waals surface area (Å²) >= 11 is 0. The van der Waals surface area contributed by atoms with Gasteiger partial charge in [0.15, 0.2) is 18.5 Å². The fourth-order valence-electron chi connectivity index (χ4n) is 1.68. The largest absolute Gasteiger partial charge is 0.455 e. The lowest BCUT2D eigenvalue weighted by Crippen LogP contribution is -2.41. The van der Waals surface area contributed by atoms with Crippen LogP contribution < -0.4 is 0 Å². The third-order valence-electron chi connectivity index (χ3n) is 2.28. The number of ether oxygens (including phenoxy) is 4. The van der Waals surface area contributed by atoms with Crippen molar-refractivity contribution in [2.75, 3.05) is 13.7 Å². The van der Waals surface area contributed by atoms with Gasteiger partial charge in [-0.25, -0.2) is 0 Å². The van der Waals surface area contributed by atoms with E-state index in [4.69, 9.17) is 24.1 Å². The summed E-state index contributed by atoms with van der Waals surface area (Å²) in [5, 5.41) is 9.10. The van der Waals surface area contributed by atoms with Gasteiger partial charge >= 0.3 is 11.9 Å². The molecule has 0 saturated carbocycles. The highest BCUT2D eigenvalue weighted by Crippen LogP contribution is 2.27. The van der Waals surface area contributed by atoms with Gasteiger partial charge in [0, 0.05) is 21.0 Å². The van der Waals surface area contributed by atoms with Crippen LogP contribution in [0.15, 0.2) is 0 Å². The number of aliphatic hydroxyl groups is 1. The maximum absolute atomic E-state index is 11.0. The van der Waals surface area contributed by atoms with Gasteiger partial charge in [-0.05, 0) is 0 Å². The highest BCUT2D eigenvalue weighted by atomic mass is 16.7. The number of methoxy groups -OCH3 is 1. The topological polar surface area (TPSA) is 91.3 Å². The van der Waals surface area contributed by atoms with Crippen LogP contribution in [0.4, 0.5) is 0 Å². The molecule has 0 aromatic heterocycles. The summed E-state index contributed by atoms with van der Waals surface area (Å²) in [5.41, 5.74) is 0. The Morgan fingerprint density at radius 2 is 1.71 bits per heavy atom. The highest BCUT2D eigenvalue weighted by molar-refractivity contribution is 5.67. The van der Waals surface area contributed by atoms with Crippen molar-refractivity contribution in [3.8, 4) is 0 Å². The number of carbonyl (C=O) groups is 2. The van der Waals surface area contributed by atoms with Gasteiger partial charge < -0.3 is 24.1 Å². The van der Waals surface area contributed by atoms with Crippen LogP contribution in [0.25, 0.3) is 0 Å². The van der Waals surface area contributed by atoms with Crippen molar-refractivity contribution in [1.29, 1.82) is 0 Å². The van der Waals surface area contributed by atoms with Crippen molar-refractivity contribution >= 4 is 11.9 Å². The summed E-state index contributed by atoms with van der Waals surface area (Å²) in [5.74, 6) is -1.10. The van der Waals surface area contributed by atoms with Crippen LogP contribution in [0, 0.1) is 0 Å². The molecular formula is C10H16O7. The number of esters is 2.